The fraction of sp³-hybridized carbons (Fsp3) is 0.0833. The topological polar surface area (TPSA) is 104 Å². The largest absolute Gasteiger partial charge is 0.366 e. The van der Waals surface area contributed by atoms with E-state index >= 15 is 0 Å². The van der Waals surface area contributed by atoms with E-state index in [2.05, 4.69) is 11.2 Å². The molecule has 6 nitrogen and oxygen atoms in total. The monoisotopic (exact) mass is 243 g/mol. The second-order valence-electron chi connectivity index (χ2n) is 3.75. The summed E-state index contributed by atoms with van der Waals surface area (Å²) >= 11 is 0. The van der Waals surface area contributed by atoms with Crippen molar-refractivity contribution in [3.63, 3.8) is 0 Å². The summed E-state index contributed by atoms with van der Waals surface area (Å²) in [5.74, 6) is -1.08. The standard InChI is InChI=1S/C12H11N4O2/c13-11(17)9-3-1-8(2-4-9)7-16-6-5-10(15-16)12(14)18/h1-4,6H,7H2,(H2,13,17)(H2,14,18). The molecule has 0 aliphatic heterocycles. The number of aromatic nitrogens is 2. The molecule has 1 radical (unpaired) electrons. The first-order chi connectivity index (χ1) is 8.56. The molecule has 0 spiro atoms. The molecular weight excluding hydrogens is 232 g/mol. The molecule has 0 aliphatic carbocycles. The number of primary amides is 2. The molecule has 0 fully saturated rings. The Balaban J connectivity index is 2.13. The summed E-state index contributed by atoms with van der Waals surface area (Å²) in [6.07, 6.45) is 1.54. The van der Waals surface area contributed by atoms with E-state index < -0.39 is 11.8 Å². The Morgan fingerprint density at radius 2 is 1.83 bits per heavy atom. The van der Waals surface area contributed by atoms with Crippen LogP contribution in [0.4, 0.5) is 0 Å². The van der Waals surface area contributed by atoms with Gasteiger partial charge in [0.2, 0.25) is 5.91 Å². The molecule has 4 N–H and O–H groups in total. The first-order valence-corrected chi connectivity index (χ1v) is 5.20. The Kier molecular flexibility index (Phi) is 3.09. The van der Waals surface area contributed by atoms with Gasteiger partial charge in [0.25, 0.3) is 5.91 Å². The number of nitrogens with zero attached hydrogens (tertiary/aromatic N) is 2. The van der Waals surface area contributed by atoms with E-state index in [1.807, 2.05) is 0 Å². The van der Waals surface area contributed by atoms with Crippen molar-refractivity contribution in [1.82, 2.24) is 9.78 Å². The summed E-state index contributed by atoms with van der Waals surface area (Å²) < 4.78 is 1.54. The lowest BCUT2D eigenvalue weighted by atomic mass is 10.1. The van der Waals surface area contributed by atoms with Crippen LogP contribution in [0.2, 0.25) is 0 Å². The molecule has 91 valence electrons. The van der Waals surface area contributed by atoms with E-state index in [0.717, 1.165) is 5.56 Å². The van der Waals surface area contributed by atoms with Crippen LogP contribution in [0.5, 0.6) is 0 Å². The number of rotatable bonds is 4. The molecule has 0 saturated carbocycles. The van der Waals surface area contributed by atoms with Crippen molar-refractivity contribution >= 4 is 11.8 Å². The molecule has 1 heterocycles. The minimum Gasteiger partial charge on any atom is -0.366 e. The third-order valence-corrected chi connectivity index (χ3v) is 2.40. The van der Waals surface area contributed by atoms with Crippen LogP contribution < -0.4 is 11.5 Å². The molecule has 2 amide bonds. The number of carbonyl (C=O) groups is 2. The third-order valence-electron chi connectivity index (χ3n) is 2.40. The molecule has 0 atom stereocenters. The lowest BCUT2D eigenvalue weighted by Crippen LogP contribution is -2.13. The maximum Gasteiger partial charge on any atom is 0.269 e. The molecule has 1 aromatic carbocycles. The Morgan fingerprint density at radius 3 is 2.33 bits per heavy atom. The van der Waals surface area contributed by atoms with Gasteiger partial charge in [-0.1, -0.05) is 12.1 Å². The van der Waals surface area contributed by atoms with Crippen molar-refractivity contribution in [2.24, 2.45) is 11.5 Å². The number of hydrogen-bond donors (Lipinski definition) is 2. The van der Waals surface area contributed by atoms with Gasteiger partial charge >= 0.3 is 0 Å². The maximum atomic E-state index is 10.9. The average molecular weight is 243 g/mol. The predicted molar refractivity (Wildman–Crippen MR) is 63.6 cm³/mol. The fourth-order valence-electron chi connectivity index (χ4n) is 1.48. The van der Waals surface area contributed by atoms with Crippen LogP contribution in [0.3, 0.4) is 0 Å². The Hall–Kier alpha value is -2.63. The first kappa shape index (κ1) is 11.8. The molecule has 0 unspecified atom stereocenters. The van der Waals surface area contributed by atoms with Gasteiger partial charge in [0.05, 0.1) is 6.54 Å². The SMILES string of the molecule is NC(=O)c1ccc(Cn2c[c]c(C(N)=O)n2)cc1. The number of amides is 2. The highest BCUT2D eigenvalue weighted by Crippen LogP contribution is 2.06. The van der Waals surface area contributed by atoms with Crippen LogP contribution in [-0.4, -0.2) is 21.6 Å². The highest BCUT2D eigenvalue weighted by Gasteiger charge is 2.06. The zero-order valence-corrected chi connectivity index (χ0v) is 9.46. The number of carbonyl (C=O) groups excluding carboxylic acids is 2. The molecule has 18 heavy (non-hydrogen) atoms. The molecule has 2 rings (SSSR count). The lowest BCUT2D eigenvalue weighted by Gasteiger charge is -2.02. The van der Waals surface area contributed by atoms with E-state index in [9.17, 15) is 9.59 Å². The molecule has 0 saturated heterocycles. The van der Waals surface area contributed by atoms with Gasteiger partial charge in [0, 0.05) is 17.8 Å². The second-order valence-corrected chi connectivity index (χ2v) is 3.75. The van der Waals surface area contributed by atoms with Crippen molar-refractivity contribution in [3.05, 3.63) is 53.3 Å². The third kappa shape index (κ3) is 2.54. The summed E-state index contributed by atoms with van der Waals surface area (Å²) in [6, 6.07) is 9.47. The predicted octanol–water partition coefficient (Wildman–Crippen LogP) is -0.0706. The minimum absolute atomic E-state index is 0.101. The lowest BCUT2D eigenvalue weighted by molar-refractivity contribution is 0.0988. The fourth-order valence-corrected chi connectivity index (χ4v) is 1.48. The number of hydrogen-bond acceptors (Lipinski definition) is 3. The number of benzene rings is 1. The summed E-state index contributed by atoms with van der Waals surface area (Å²) in [5, 5.41) is 3.96. The van der Waals surface area contributed by atoms with Gasteiger partial charge < -0.3 is 11.5 Å². The van der Waals surface area contributed by atoms with Crippen molar-refractivity contribution in [2.45, 2.75) is 6.54 Å². The summed E-state index contributed by atoms with van der Waals surface area (Å²) in [7, 11) is 0. The summed E-state index contributed by atoms with van der Waals surface area (Å²) in [5.41, 5.74) is 11.7. The molecule has 0 bridgehead atoms. The summed E-state index contributed by atoms with van der Waals surface area (Å²) in [6.45, 7) is 0.461. The van der Waals surface area contributed by atoms with Gasteiger partial charge in [-0.3, -0.25) is 14.3 Å². The number of nitrogens with two attached hydrogens (primary N) is 2. The zero-order chi connectivity index (χ0) is 13.1. The van der Waals surface area contributed by atoms with Gasteiger partial charge in [0.15, 0.2) is 5.69 Å². The van der Waals surface area contributed by atoms with E-state index in [-0.39, 0.29) is 5.69 Å². The van der Waals surface area contributed by atoms with Crippen LogP contribution >= 0.6 is 0 Å². The Labute approximate surface area is 103 Å². The van der Waals surface area contributed by atoms with Gasteiger partial charge in [-0.25, -0.2) is 0 Å². The van der Waals surface area contributed by atoms with Crippen LogP contribution in [0.25, 0.3) is 0 Å². The quantitative estimate of drug-likeness (QED) is 0.785. The van der Waals surface area contributed by atoms with Crippen molar-refractivity contribution < 1.29 is 9.59 Å². The summed E-state index contributed by atoms with van der Waals surface area (Å²) in [4.78, 5) is 21.7. The highest BCUT2D eigenvalue weighted by molar-refractivity contribution is 5.92. The van der Waals surface area contributed by atoms with E-state index in [4.69, 9.17) is 11.5 Å². The van der Waals surface area contributed by atoms with Crippen molar-refractivity contribution in [3.8, 4) is 0 Å². The van der Waals surface area contributed by atoms with E-state index in [1.165, 1.54) is 0 Å². The van der Waals surface area contributed by atoms with Crippen molar-refractivity contribution in [1.29, 1.82) is 0 Å². The molecule has 1 aromatic heterocycles. The van der Waals surface area contributed by atoms with E-state index in [1.54, 1.807) is 35.1 Å². The molecule has 2 aromatic rings. The van der Waals surface area contributed by atoms with Crippen LogP contribution in [0.1, 0.15) is 26.4 Å². The minimum atomic E-state index is -0.613. The van der Waals surface area contributed by atoms with Gasteiger partial charge in [-0.2, -0.15) is 5.10 Å². The van der Waals surface area contributed by atoms with Crippen LogP contribution in [-0.2, 0) is 6.54 Å². The van der Waals surface area contributed by atoms with Gasteiger partial charge in [-0.15, -0.1) is 0 Å². The normalized spacial score (nSPS) is 10.2. The van der Waals surface area contributed by atoms with E-state index in [0.29, 0.717) is 12.1 Å². The zero-order valence-electron chi connectivity index (χ0n) is 9.46. The molecule has 0 aliphatic rings. The Bertz CT molecular complexity index is 586. The molecule has 6 heteroatoms. The first-order valence-electron chi connectivity index (χ1n) is 5.20. The second kappa shape index (κ2) is 4.70. The van der Waals surface area contributed by atoms with Crippen molar-refractivity contribution in [2.75, 3.05) is 0 Å². The smallest absolute Gasteiger partial charge is 0.269 e. The molecular formula is C12H11N4O2. The van der Waals surface area contributed by atoms with Gasteiger partial charge in [-0.05, 0) is 17.7 Å². The highest BCUT2D eigenvalue weighted by atomic mass is 16.1. The van der Waals surface area contributed by atoms with Crippen LogP contribution in [0, 0.1) is 6.07 Å². The van der Waals surface area contributed by atoms with Crippen LogP contribution in [0.15, 0.2) is 30.5 Å². The van der Waals surface area contributed by atoms with Gasteiger partial charge in [0.1, 0.15) is 0 Å². The average Bonchev–Trinajstić information content (AvgIpc) is 2.78. The Morgan fingerprint density at radius 1 is 1.17 bits per heavy atom. The maximum absolute atomic E-state index is 10.9.